The molecule has 1 N–H and O–H groups in total. The molecule has 1 aromatic rings. The number of hydrogen-bond donors (Lipinski definition) is 1. The first-order chi connectivity index (χ1) is 12.5. The summed E-state index contributed by atoms with van der Waals surface area (Å²) >= 11 is 0. The minimum atomic E-state index is -3.57. The summed E-state index contributed by atoms with van der Waals surface area (Å²) in [5, 5.41) is 10.1. The van der Waals surface area contributed by atoms with Gasteiger partial charge in [-0.1, -0.05) is 0 Å². The number of ketones is 1. The van der Waals surface area contributed by atoms with Gasteiger partial charge in [0, 0.05) is 36.6 Å². The lowest BCUT2D eigenvalue weighted by Gasteiger charge is -2.36. The van der Waals surface area contributed by atoms with E-state index in [-0.39, 0.29) is 55.2 Å². The zero-order valence-corrected chi connectivity index (χ0v) is 16.4. The Morgan fingerprint density at radius 3 is 2.41 bits per heavy atom. The molecule has 2 atom stereocenters. The van der Waals surface area contributed by atoms with E-state index in [0.717, 1.165) is 12.1 Å². The second-order valence-corrected chi connectivity index (χ2v) is 10.1. The molecule has 2 fully saturated rings. The van der Waals surface area contributed by atoms with E-state index in [0.29, 0.717) is 12.8 Å². The molecule has 3 rings (SSSR count). The van der Waals surface area contributed by atoms with Gasteiger partial charge in [0.1, 0.15) is 17.4 Å². The maximum atomic E-state index is 14.7. The monoisotopic (exact) mass is 401 g/mol. The molecular weight excluding hydrogens is 376 g/mol. The van der Waals surface area contributed by atoms with Crippen molar-refractivity contribution in [2.75, 3.05) is 0 Å². The average Bonchev–Trinajstić information content (AvgIpc) is 2.60. The summed E-state index contributed by atoms with van der Waals surface area (Å²) < 4.78 is 55.7. The van der Waals surface area contributed by atoms with Gasteiger partial charge in [0.25, 0.3) is 0 Å². The van der Waals surface area contributed by atoms with Crippen LogP contribution >= 0.6 is 0 Å². The lowest BCUT2D eigenvalue weighted by atomic mass is 9.78. The first-order valence-corrected chi connectivity index (χ1v) is 10.8. The van der Waals surface area contributed by atoms with Gasteiger partial charge in [0.15, 0.2) is 0 Å². The van der Waals surface area contributed by atoms with Crippen molar-refractivity contribution in [3.05, 3.63) is 34.9 Å². The van der Waals surface area contributed by atoms with E-state index in [1.807, 2.05) is 0 Å². The van der Waals surface area contributed by atoms with Gasteiger partial charge < -0.3 is 5.11 Å². The molecule has 0 spiro atoms. The van der Waals surface area contributed by atoms with E-state index >= 15 is 0 Å². The van der Waals surface area contributed by atoms with Crippen LogP contribution in [0, 0.1) is 11.6 Å². The first kappa shape index (κ1) is 20.4. The lowest BCUT2D eigenvalue weighted by molar-refractivity contribution is -0.125. The van der Waals surface area contributed by atoms with Gasteiger partial charge in [0.2, 0.25) is 10.0 Å². The molecule has 0 aromatic heterocycles. The van der Waals surface area contributed by atoms with Crippen LogP contribution in [0.4, 0.5) is 8.78 Å². The highest BCUT2D eigenvalue weighted by Gasteiger charge is 2.39. The minimum Gasteiger partial charge on any atom is -0.385 e. The molecule has 0 bridgehead atoms. The highest BCUT2D eigenvalue weighted by atomic mass is 32.2. The number of hydrogen-bond acceptors (Lipinski definition) is 4. The number of Topliss-reactive ketones (excluding diaryl/α,β-unsaturated/α-hetero) is 1. The number of rotatable bonds is 3. The predicted molar refractivity (Wildman–Crippen MR) is 96.4 cm³/mol. The number of carbonyl (C=O) groups excluding carboxylic acids is 1. The fraction of sp³-hybridized carbons (Fsp3) is 0.632. The van der Waals surface area contributed by atoms with E-state index in [4.69, 9.17) is 0 Å². The molecule has 1 aromatic carbocycles. The summed E-state index contributed by atoms with van der Waals surface area (Å²) in [6.45, 7) is 3.13. The fourth-order valence-electron chi connectivity index (χ4n) is 3.94. The number of halogens is 2. The molecule has 8 heteroatoms. The lowest BCUT2D eigenvalue weighted by Crippen LogP contribution is -2.47. The molecule has 1 saturated carbocycles. The number of aliphatic hydroxyl groups is 1. The first-order valence-electron chi connectivity index (χ1n) is 9.28. The smallest absolute Gasteiger partial charge is 0.217 e. The molecule has 5 nitrogen and oxygen atoms in total. The Bertz CT molecular complexity index is 846. The third-order valence-electron chi connectivity index (χ3n) is 5.92. The maximum Gasteiger partial charge on any atom is 0.217 e. The van der Waals surface area contributed by atoms with E-state index in [2.05, 4.69) is 0 Å². The van der Waals surface area contributed by atoms with Crippen LogP contribution in [0.25, 0.3) is 0 Å². The van der Waals surface area contributed by atoms with Crippen molar-refractivity contribution >= 4 is 15.8 Å². The Kier molecular flexibility index (Phi) is 5.44. The zero-order valence-electron chi connectivity index (χ0n) is 15.5. The van der Waals surface area contributed by atoms with Gasteiger partial charge in [-0.05, 0) is 51.7 Å². The summed E-state index contributed by atoms with van der Waals surface area (Å²) in [6.07, 6.45) is 1.56. The van der Waals surface area contributed by atoms with Gasteiger partial charge >= 0.3 is 0 Å². The molecular formula is C19H25F2NO4S. The average molecular weight is 401 g/mol. The predicted octanol–water partition coefficient (Wildman–Crippen LogP) is 3.00. The third-order valence-corrected chi connectivity index (χ3v) is 8.31. The van der Waals surface area contributed by atoms with Crippen molar-refractivity contribution in [3.63, 3.8) is 0 Å². The molecule has 150 valence electrons. The topological polar surface area (TPSA) is 74.7 Å². The molecule has 1 aliphatic carbocycles. The van der Waals surface area contributed by atoms with E-state index in [9.17, 15) is 27.1 Å². The van der Waals surface area contributed by atoms with E-state index < -0.39 is 32.5 Å². The Labute approximate surface area is 158 Å². The van der Waals surface area contributed by atoms with Crippen LogP contribution in [-0.4, -0.2) is 34.9 Å². The summed E-state index contributed by atoms with van der Waals surface area (Å²) in [6, 6.07) is 1.63. The number of benzene rings is 1. The molecule has 0 radical (unpaired) electrons. The molecule has 0 amide bonds. The fourth-order valence-corrected chi connectivity index (χ4v) is 5.76. The van der Waals surface area contributed by atoms with Crippen LogP contribution in [0.2, 0.25) is 0 Å². The van der Waals surface area contributed by atoms with Crippen LogP contribution in [0.3, 0.4) is 0 Å². The SMILES string of the molecule is CC1CCC(C)S(=O)(=O)N1Cc1cc(F)c(C2(O)CCC(=O)CC2)cc1F. The van der Waals surface area contributed by atoms with Crippen molar-refractivity contribution < 1.29 is 27.1 Å². The molecule has 2 aliphatic rings. The van der Waals surface area contributed by atoms with Gasteiger partial charge in [-0.25, -0.2) is 17.2 Å². The van der Waals surface area contributed by atoms with Crippen molar-refractivity contribution in [2.24, 2.45) is 0 Å². The molecule has 1 aliphatic heterocycles. The standard InChI is InChI=1S/C19H25F2NO4S/c1-12-3-4-13(2)27(25,26)22(12)11-14-9-18(21)16(10-17(14)20)19(24)7-5-15(23)6-8-19/h9-10,12-13,24H,3-8,11H2,1-2H3. The quantitative estimate of drug-likeness (QED) is 0.845. The van der Waals surface area contributed by atoms with Crippen LogP contribution in [0.1, 0.15) is 63.5 Å². The van der Waals surface area contributed by atoms with Crippen molar-refractivity contribution in [1.82, 2.24) is 4.31 Å². The van der Waals surface area contributed by atoms with Gasteiger partial charge in [-0.3, -0.25) is 4.79 Å². The summed E-state index contributed by atoms with van der Waals surface area (Å²) in [7, 11) is -3.57. The molecule has 1 heterocycles. The van der Waals surface area contributed by atoms with E-state index in [1.165, 1.54) is 4.31 Å². The Hall–Kier alpha value is -1.38. The van der Waals surface area contributed by atoms with Crippen LogP contribution in [-0.2, 0) is 27.0 Å². The van der Waals surface area contributed by atoms with E-state index in [1.54, 1.807) is 13.8 Å². The van der Waals surface area contributed by atoms with Crippen LogP contribution in [0.5, 0.6) is 0 Å². The van der Waals surface area contributed by atoms with Crippen molar-refractivity contribution in [3.8, 4) is 0 Å². The largest absolute Gasteiger partial charge is 0.385 e. The zero-order chi connectivity index (χ0) is 20.0. The van der Waals surface area contributed by atoms with Gasteiger partial charge in [-0.2, -0.15) is 4.31 Å². The summed E-state index contributed by atoms with van der Waals surface area (Å²) in [5.74, 6) is -1.54. The van der Waals surface area contributed by atoms with Crippen molar-refractivity contribution in [2.45, 2.75) is 75.8 Å². The van der Waals surface area contributed by atoms with Gasteiger partial charge in [0.05, 0.1) is 10.9 Å². The number of carbonyl (C=O) groups is 1. The highest BCUT2D eigenvalue weighted by molar-refractivity contribution is 7.89. The van der Waals surface area contributed by atoms with Crippen LogP contribution < -0.4 is 0 Å². The Morgan fingerprint density at radius 1 is 1.15 bits per heavy atom. The highest BCUT2D eigenvalue weighted by Crippen LogP contribution is 2.38. The van der Waals surface area contributed by atoms with Crippen molar-refractivity contribution in [1.29, 1.82) is 0 Å². The molecule has 2 unspecified atom stereocenters. The number of nitrogens with zero attached hydrogens (tertiary/aromatic N) is 1. The Morgan fingerprint density at radius 2 is 1.78 bits per heavy atom. The maximum absolute atomic E-state index is 14.7. The molecule has 27 heavy (non-hydrogen) atoms. The summed E-state index contributed by atoms with van der Waals surface area (Å²) in [5.41, 5.74) is -1.80. The normalized spacial score (nSPS) is 28.3. The molecule has 1 saturated heterocycles. The van der Waals surface area contributed by atoms with Crippen LogP contribution in [0.15, 0.2) is 12.1 Å². The Balaban J connectivity index is 1.90. The minimum absolute atomic E-state index is 0.00409. The number of sulfonamides is 1. The third kappa shape index (κ3) is 3.79. The second-order valence-electron chi connectivity index (χ2n) is 7.82. The second kappa shape index (κ2) is 7.22. The summed E-state index contributed by atoms with van der Waals surface area (Å²) in [4.78, 5) is 11.4. The van der Waals surface area contributed by atoms with Gasteiger partial charge in [-0.15, -0.1) is 0 Å².